The van der Waals surface area contributed by atoms with E-state index in [0.29, 0.717) is 16.8 Å². The summed E-state index contributed by atoms with van der Waals surface area (Å²) >= 11 is 4.80. The molecule has 2 N–H and O–H groups in total. The number of benzene rings is 4. The van der Waals surface area contributed by atoms with Crippen LogP contribution in [0.2, 0.25) is 0 Å². The summed E-state index contributed by atoms with van der Waals surface area (Å²) in [4.78, 5) is 39.3. The van der Waals surface area contributed by atoms with Gasteiger partial charge in [0.1, 0.15) is 5.70 Å². The van der Waals surface area contributed by atoms with E-state index in [1.165, 1.54) is 11.8 Å². The highest BCUT2D eigenvalue weighted by Crippen LogP contribution is 2.23. The monoisotopic (exact) mass is 570 g/mol. The largest absolute Gasteiger partial charge is 0.321 e. The molecule has 4 aromatic rings. The smallest absolute Gasteiger partial charge is 0.272 e. The van der Waals surface area contributed by atoms with Gasteiger partial charge in [0.15, 0.2) is 5.78 Å². The molecule has 0 radical (unpaired) electrons. The SMILES string of the molecule is O=C(Nc1cccc(SCC(=O)c2ccccc2)c1)/C(=C/c1ccc(Br)cc1)NC(=O)c1ccccc1. The van der Waals surface area contributed by atoms with E-state index in [-0.39, 0.29) is 23.1 Å². The van der Waals surface area contributed by atoms with Crippen LogP contribution in [0.25, 0.3) is 6.08 Å². The Morgan fingerprint density at radius 3 is 2.08 bits per heavy atom. The zero-order valence-electron chi connectivity index (χ0n) is 19.7. The molecular weight excluding hydrogens is 548 g/mol. The van der Waals surface area contributed by atoms with Crippen LogP contribution in [0.3, 0.4) is 0 Å². The lowest BCUT2D eigenvalue weighted by Crippen LogP contribution is -2.30. The maximum atomic E-state index is 13.2. The van der Waals surface area contributed by atoms with Crippen LogP contribution >= 0.6 is 27.7 Å². The molecule has 0 saturated carbocycles. The third-order valence-electron chi connectivity index (χ3n) is 5.27. The van der Waals surface area contributed by atoms with Gasteiger partial charge in [-0.25, -0.2) is 0 Å². The fraction of sp³-hybridized carbons (Fsp3) is 0.0333. The number of nitrogens with one attached hydrogen (secondary N) is 2. The van der Waals surface area contributed by atoms with E-state index in [1.54, 1.807) is 54.6 Å². The molecule has 0 atom stereocenters. The molecule has 0 bridgehead atoms. The highest BCUT2D eigenvalue weighted by Gasteiger charge is 2.15. The first-order valence-electron chi connectivity index (χ1n) is 11.4. The Bertz CT molecular complexity index is 1420. The summed E-state index contributed by atoms with van der Waals surface area (Å²) in [5.74, 6) is -0.538. The predicted octanol–water partition coefficient (Wildman–Crippen LogP) is 6.83. The first-order chi connectivity index (χ1) is 18.0. The van der Waals surface area contributed by atoms with Crippen molar-refractivity contribution in [2.24, 2.45) is 0 Å². The second-order valence-corrected chi connectivity index (χ2v) is 9.95. The van der Waals surface area contributed by atoms with Gasteiger partial charge in [0.25, 0.3) is 11.8 Å². The molecule has 0 aliphatic rings. The Kier molecular flexibility index (Phi) is 9.08. The number of hydrogen-bond acceptors (Lipinski definition) is 4. The van der Waals surface area contributed by atoms with Gasteiger partial charge >= 0.3 is 0 Å². The topological polar surface area (TPSA) is 75.3 Å². The number of Topliss-reactive ketones (excluding diaryl/α,β-unsaturated/α-hetero) is 1. The van der Waals surface area contributed by atoms with Crippen molar-refractivity contribution in [1.29, 1.82) is 0 Å². The molecule has 184 valence electrons. The second kappa shape index (κ2) is 12.9. The summed E-state index contributed by atoms with van der Waals surface area (Å²) in [6.45, 7) is 0. The van der Waals surface area contributed by atoms with Gasteiger partial charge in [0, 0.05) is 26.2 Å². The van der Waals surface area contributed by atoms with Crippen molar-refractivity contribution in [1.82, 2.24) is 5.32 Å². The molecule has 0 aromatic heterocycles. The lowest BCUT2D eigenvalue weighted by molar-refractivity contribution is -0.113. The van der Waals surface area contributed by atoms with Crippen LogP contribution < -0.4 is 10.6 Å². The number of ketones is 1. The molecule has 2 amide bonds. The van der Waals surface area contributed by atoms with E-state index < -0.39 is 5.91 Å². The fourth-order valence-corrected chi connectivity index (χ4v) is 4.50. The second-order valence-electron chi connectivity index (χ2n) is 7.99. The molecule has 37 heavy (non-hydrogen) atoms. The number of halogens is 1. The lowest BCUT2D eigenvalue weighted by atomic mass is 10.1. The number of hydrogen-bond donors (Lipinski definition) is 2. The van der Waals surface area contributed by atoms with Crippen molar-refractivity contribution in [3.8, 4) is 0 Å². The number of thioether (sulfide) groups is 1. The molecule has 7 heteroatoms. The maximum absolute atomic E-state index is 13.2. The molecule has 0 fully saturated rings. The minimum Gasteiger partial charge on any atom is -0.321 e. The highest BCUT2D eigenvalue weighted by molar-refractivity contribution is 9.10. The Labute approximate surface area is 228 Å². The molecule has 0 aliphatic heterocycles. The minimum atomic E-state index is -0.463. The van der Waals surface area contributed by atoms with Gasteiger partial charge in [-0.1, -0.05) is 82.7 Å². The predicted molar refractivity (Wildman–Crippen MR) is 153 cm³/mol. The van der Waals surface area contributed by atoms with Gasteiger partial charge in [0.2, 0.25) is 0 Å². The molecule has 0 unspecified atom stereocenters. The van der Waals surface area contributed by atoms with E-state index in [4.69, 9.17) is 0 Å². The quantitative estimate of drug-likeness (QED) is 0.131. The van der Waals surface area contributed by atoms with E-state index in [1.807, 2.05) is 60.7 Å². The Balaban J connectivity index is 1.49. The van der Waals surface area contributed by atoms with Gasteiger partial charge in [-0.2, -0.15) is 0 Å². The van der Waals surface area contributed by atoms with Crippen LogP contribution in [0.15, 0.2) is 124 Å². The number of carbonyl (C=O) groups is 3. The van der Waals surface area contributed by atoms with Crippen molar-refractivity contribution in [2.75, 3.05) is 11.1 Å². The lowest BCUT2D eigenvalue weighted by Gasteiger charge is -2.12. The summed E-state index contributed by atoms with van der Waals surface area (Å²) < 4.78 is 0.907. The van der Waals surface area contributed by atoms with Crippen LogP contribution in [-0.2, 0) is 4.79 Å². The maximum Gasteiger partial charge on any atom is 0.272 e. The molecule has 4 rings (SSSR count). The van der Waals surface area contributed by atoms with Crippen molar-refractivity contribution in [3.63, 3.8) is 0 Å². The first kappa shape index (κ1) is 26.1. The molecule has 0 saturated heterocycles. The van der Waals surface area contributed by atoms with Gasteiger partial charge < -0.3 is 10.6 Å². The number of amides is 2. The van der Waals surface area contributed by atoms with Crippen molar-refractivity contribution in [3.05, 3.63) is 136 Å². The minimum absolute atomic E-state index is 0.0309. The molecule has 0 spiro atoms. The van der Waals surface area contributed by atoms with E-state index in [9.17, 15) is 14.4 Å². The average Bonchev–Trinajstić information content (AvgIpc) is 2.93. The molecule has 0 aliphatic carbocycles. The first-order valence-corrected chi connectivity index (χ1v) is 13.2. The summed E-state index contributed by atoms with van der Waals surface area (Å²) in [6.07, 6.45) is 1.62. The number of anilines is 1. The summed E-state index contributed by atoms with van der Waals surface area (Å²) in [5, 5.41) is 5.60. The zero-order chi connectivity index (χ0) is 26.0. The molecular formula is C30H23BrN2O3S. The summed E-state index contributed by atoms with van der Waals surface area (Å²) in [6, 6.07) is 32.5. The molecule has 0 heterocycles. The Hall–Kier alpha value is -3.94. The van der Waals surface area contributed by atoms with E-state index in [0.717, 1.165) is 14.9 Å². The highest BCUT2D eigenvalue weighted by atomic mass is 79.9. The van der Waals surface area contributed by atoms with Crippen LogP contribution in [0, 0.1) is 0 Å². The van der Waals surface area contributed by atoms with Crippen molar-refractivity contribution < 1.29 is 14.4 Å². The fourth-order valence-electron chi connectivity index (χ4n) is 3.39. The van der Waals surface area contributed by atoms with Gasteiger partial charge in [-0.3, -0.25) is 14.4 Å². The zero-order valence-corrected chi connectivity index (χ0v) is 22.1. The standard InChI is InChI=1S/C30H23BrN2O3S/c31-24-16-14-21(15-17-24)18-27(33-29(35)23-10-5-2-6-11-23)30(36)32-25-12-7-13-26(19-25)37-20-28(34)22-8-3-1-4-9-22/h1-19H,20H2,(H,32,36)(H,33,35)/b27-18-. The molecule has 4 aromatic carbocycles. The number of carbonyl (C=O) groups excluding carboxylic acids is 3. The van der Waals surface area contributed by atoms with Crippen molar-refractivity contribution in [2.45, 2.75) is 4.90 Å². The van der Waals surface area contributed by atoms with Crippen LogP contribution in [0.4, 0.5) is 5.69 Å². The average molecular weight is 571 g/mol. The Morgan fingerprint density at radius 1 is 0.757 bits per heavy atom. The van der Waals surface area contributed by atoms with E-state index >= 15 is 0 Å². The van der Waals surface area contributed by atoms with Gasteiger partial charge in [-0.05, 0) is 54.1 Å². The molecule has 5 nitrogen and oxygen atoms in total. The van der Waals surface area contributed by atoms with Crippen molar-refractivity contribution >= 4 is 57.1 Å². The van der Waals surface area contributed by atoms with Gasteiger partial charge in [-0.15, -0.1) is 11.8 Å². The summed E-state index contributed by atoms with van der Waals surface area (Å²) in [5.41, 5.74) is 2.52. The normalized spacial score (nSPS) is 11.0. The number of rotatable bonds is 9. The van der Waals surface area contributed by atoms with Crippen LogP contribution in [0.1, 0.15) is 26.3 Å². The Morgan fingerprint density at radius 2 is 1.41 bits per heavy atom. The van der Waals surface area contributed by atoms with Crippen LogP contribution in [-0.4, -0.2) is 23.4 Å². The van der Waals surface area contributed by atoms with E-state index in [2.05, 4.69) is 26.6 Å². The third-order valence-corrected chi connectivity index (χ3v) is 6.79. The van der Waals surface area contributed by atoms with Gasteiger partial charge in [0.05, 0.1) is 5.75 Å². The van der Waals surface area contributed by atoms with Crippen LogP contribution in [0.5, 0.6) is 0 Å². The summed E-state index contributed by atoms with van der Waals surface area (Å²) in [7, 11) is 0. The third kappa shape index (κ3) is 7.77.